The third-order valence-electron chi connectivity index (χ3n) is 7.93. The molecule has 3 aromatic rings. The number of rotatable bonds is 10. The fraction of sp³-hybridized carbons (Fsp3) is 0.625. The minimum Gasteiger partial charge on any atom is -0.394 e. The van der Waals surface area contributed by atoms with Crippen LogP contribution in [-0.2, 0) is 27.8 Å². The van der Waals surface area contributed by atoms with Crippen molar-refractivity contribution >= 4 is 30.7 Å². The number of methoxy groups -OCH3 is 1. The first-order valence-corrected chi connectivity index (χ1v) is 15.5. The van der Waals surface area contributed by atoms with Gasteiger partial charge in [-0.1, -0.05) is 0 Å². The van der Waals surface area contributed by atoms with Crippen LogP contribution < -0.4 is 22.7 Å². The first-order chi connectivity index (χ1) is 21.1. The molecule has 7 N–H and O–H groups in total. The van der Waals surface area contributed by atoms with Crippen LogP contribution in [0.2, 0.25) is 0 Å². The molecule has 20 heteroatoms. The third kappa shape index (κ3) is 5.66. The summed E-state index contributed by atoms with van der Waals surface area (Å²) in [5, 5.41) is 21.1. The molecule has 6 rings (SSSR count). The maximum absolute atomic E-state index is 14.4. The molecule has 0 aromatic carbocycles. The Morgan fingerprint density at radius 2 is 1.93 bits per heavy atom. The highest BCUT2D eigenvalue weighted by Gasteiger charge is 2.49. The summed E-state index contributed by atoms with van der Waals surface area (Å²) in [6, 6.07) is 1.44. The number of nitrogen functional groups attached to an aromatic ring is 2. The minimum atomic E-state index is -4.05. The van der Waals surface area contributed by atoms with E-state index in [9.17, 15) is 24.4 Å². The number of aromatic amines is 1. The number of H-pyrrole nitrogens is 1. The molecule has 6 heterocycles. The summed E-state index contributed by atoms with van der Waals surface area (Å²) in [4.78, 5) is 39.0. The Morgan fingerprint density at radius 3 is 2.64 bits per heavy atom. The second-order valence-electron chi connectivity index (χ2n) is 10.7. The van der Waals surface area contributed by atoms with Gasteiger partial charge in [-0.25, -0.2) is 19.0 Å². The number of aliphatic hydroxyl groups is 2. The maximum Gasteiger partial charge on any atom is 0.408 e. The molecule has 0 aliphatic carbocycles. The van der Waals surface area contributed by atoms with Crippen LogP contribution in [0.3, 0.4) is 0 Å². The molecule has 0 radical (unpaired) electrons. The van der Waals surface area contributed by atoms with Crippen molar-refractivity contribution in [2.24, 2.45) is 0 Å². The maximum atomic E-state index is 14.4. The number of ether oxygens (including phenoxy) is 3. The Morgan fingerprint density at radius 1 is 1.16 bits per heavy atom. The van der Waals surface area contributed by atoms with Crippen molar-refractivity contribution in [1.29, 1.82) is 0 Å². The molecule has 8 unspecified atom stereocenters. The number of nitrogens with one attached hydrogen (secondary N) is 1. The van der Waals surface area contributed by atoms with Gasteiger partial charge < -0.3 is 35.9 Å². The Bertz CT molecular complexity index is 1660. The molecule has 0 bridgehead atoms. The third-order valence-corrected chi connectivity index (χ3v) is 10.0. The summed E-state index contributed by atoms with van der Waals surface area (Å²) < 4.78 is 48.1. The lowest BCUT2D eigenvalue weighted by atomic mass is 10.1. The van der Waals surface area contributed by atoms with E-state index in [4.69, 9.17) is 34.7 Å². The number of nitrogens with two attached hydrogens (primary N) is 2. The number of imidazole rings is 1. The summed E-state index contributed by atoms with van der Waals surface area (Å²) >= 11 is 0. The van der Waals surface area contributed by atoms with Gasteiger partial charge in [-0.3, -0.25) is 28.0 Å². The van der Waals surface area contributed by atoms with Gasteiger partial charge >= 0.3 is 13.4 Å². The van der Waals surface area contributed by atoms with Crippen molar-refractivity contribution < 1.29 is 38.0 Å². The SMILES string of the molecule is COC1C(O)C(COP(=O)(OC2CC(n3ccc(N)nc3=O)OC2CO)N2CCCC2)OC1n1cnc2c(=O)[nH]c(N)nc21. The largest absolute Gasteiger partial charge is 0.408 e. The fourth-order valence-corrected chi connectivity index (χ4v) is 7.75. The average Bonchev–Trinajstić information content (AvgIpc) is 3.78. The molecular weight excluding hydrogens is 605 g/mol. The molecule has 0 amide bonds. The van der Waals surface area contributed by atoms with Crippen LogP contribution in [0.25, 0.3) is 11.2 Å². The van der Waals surface area contributed by atoms with Gasteiger partial charge in [-0.05, 0) is 18.9 Å². The highest BCUT2D eigenvalue weighted by Crippen LogP contribution is 2.57. The summed E-state index contributed by atoms with van der Waals surface area (Å²) in [5.74, 6) is -0.0792. The molecular formula is C24H34N9O10P. The minimum absolute atomic E-state index is 0.0197. The van der Waals surface area contributed by atoms with E-state index in [1.165, 1.54) is 34.8 Å². The van der Waals surface area contributed by atoms with Crippen molar-refractivity contribution in [2.75, 3.05) is 44.9 Å². The number of hydrogen-bond donors (Lipinski definition) is 5. The molecule has 3 aliphatic heterocycles. The van der Waals surface area contributed by atoms with Crippen LogP contribution >= 0.6 is 7.75 Å². The van der Waals surface area contributed by atoms with Gasteiger partial charge in [0.2, 0.25) is 5.95 Å². The summed E-state index contributed by atoms with van der Waals surface area (Å²) in [7, 11) is -2.67. The molecule has 3 aromatic heterocycles. The van der Waals surface area contributed by atoms with Gasteiger partial charge in [0.15, 0.2) is 17.4 Å². The summed E-state index contributed by atoms with van der Waals surface area (Å²) in [5.41, 5.74) is 10.3. The van der Waals surface area contributed by atoms with E-state index in [0.29, 0.717) is 13.1 Å². The lowest BCUT2D eigenvalue weighted by molar-refractivity contribution is -0.0614. The molecule has 3 aliphatic rings. The quantitative estimate of drug-likeness (QED) is 0.161. The van der Waals surface area contributed by atoms with E-state index < -0.39 is 68.6 Å². The first-order valence-electron chi connectivity index (χ1n) is 14.0. The number of fused-ring (bicyclic) bond motifs is 1. The zero-order valence-corrected chi connectivity index (χ0v) is 24.6. The average molecular weight is 640 g/mol. The fourth-order valence-electron chi connectivity index (χ4n) is 5.72. The Hall–Kier alpha value is -3.26. The lowest BCUT2D eigenvalue weighted by Gasteiger charge is -2.30. The predicted molar refractivity (Wildman–Crippen MR) is 151 cm³/mol. The highest BCUT2D eigenvalue weighted by molar-refractivity contribution is 7.51. The number of aliphatic hydroxyl groups excluding tert-OH is 2. The zero-order chi connectivity index (χ0) is 31.2. The van der Waals surface area contributed by atoms with Crippen LogP contribution in [0.4, 0.5) is 11.8 Å². The van der Waals surface area contributed by atoms with E-state index in [-0.39, 0.29) is 36.0 Å². The van der Waals surface area contributed by atoms with E-state index in [1.807, 2.05) is 0 Å². The first kappa shape index (κ1) is 30.8. The predicted octanol–water partition coefficient (Wildman–Crippen LogP) is -1.30. The molecule has 0 saturated carbocycles. The number of hydrogen-bond acceptors (Lipinski definition) is 15. The van der Waals surface area contributed by atoms with Crippen molar-refractivity contribution in [3.05, 3.63) is 39.4 Å². The van der Waals surface area contributed by atoms with Crippen molar-refractivity contribution in [1.82, 2.24) is 33.7 Å². The Labute approximate surface area is 249 Å². The second kappa shape index (κ2) is 12.3. The van der Waals surface area contributed by atoms with Gasteiger partial charge in [0, 0.05) is 32.8 Å². The van der Waals surface area contributed by atoms with Crippen LogP contribution in [0.1, 0.15) is 31.7 Å². The molecule has 3 fully saturated rings. The molecule has 3 saturated heterocycles. The molecule has 240 valence electrons. The van der Waals surface area contributed by atoms with Crippen LogP contribution in [0.15, 0.2) is 28.2 Å². The van der Waals surface area contributed by atoms with Crippen molar-refractivity contribution in [3.8, 4) is 0 Å². The molecule has 8 atom stereocenters. The van der Waals surface area contributed by atoms with Crippen molar-refractivity contribution in [2.45, 2.75) is 62.2 Å². The van der Waals surface area contributed by atoms with Gasteiger partial charge in [-0.15, -0.1) is 0 Å². The van der Waals surface area contributed by atoms with Gasteiger partial charge in [0.25, 0.3) is 5.56 Å². The number of anilines is 2. The topological polar surface area (TPSA) is 257 Å². The van der Waals surface area contributed by atoms with Gasteiger partial charge in [0.1, 0.15) is 42.6 Å². The highest BCUT2D eigenvalue weighted by atomic mass is 31.2. The summed E-state index contributed by atoms with van der Waals surface area (Å²) in [6.45, 7) is 0.0232. The normalized spacial score (nSPS) is 30.8. The Balaban J connectivity index is 1.21. The molecule has 0 spiro atoms. The van der Waals surface area contributed by atoms with Crippen LogP contribution in [0.5, 0.6) is 0 Å². The molecule has 44 heavy (non-hydrogen) atoms. The second-order valence-corrected chi connectivity index (χ2v) is 12.7. The van der Waals surface area contributed by atoms with Crippen LogP contribution in [0, 0.1) is 0 Å². The van der Waals surface area contributed by atoms with Gasteiger partial charge in [0.05, 0.1) is 19.5 Å². The monoisotopic (exact) mass is 639 g/mol. The van der Waals surface area contributed by atoms with E-state index in [2.05, 4.69) is 19.9 Å². The standard InChI is InChI=1S/C24H34N9O10P/c1-39-19-18(35)14(42-22(19)33-11-27-17-20(33)29-23(26)30-21(17)36)10-40-44(38,31-5-2-3-6-31)43-12-8-16(41-13(12)9-34)32-7-4-15(25)28-24(32)37/h4,7,11-14,16,18-19,22,34-35H,2-3,5-6,8-10H2,1H3,(H2,25,28,37)(H3,26,29,30,36). The number of aromatic nitrogens is 6. The number of nitrogens with zero attached hydrogens (tertiary/aromatic N) is 6. The lowest BCUT2D eigenvalue weighted by Crippen LogP contribution is -2.36. The van der Waals surface area contributed by atoms with Gasteiger partial charge in [-0.2, -0.15) is 9.97 Å². The molecule has 19 nitrogen and oxygen atoms in total. The Kier molecular flexibility index (Phi) is 8.57. The van der Waals surface area contributed by atoms with E-state index in [0.717, 1.165) is 12.8 Å². The zero-order valence-electron chi connectivity index (χ0n) is 23.7. The summed E-state index contributed by atoms with van der Waals surface area (Å²) in [6.07, 6.45) is -2.56. The van der Waals surface area contributed by atoms with E-state index >= 15 is 0 Å². The van der Waals surface area contributed by atoms with E-state index in [1.54, 1.807) is 4.67 Å². The van der Waals surface area contributed by atoms with Crippen molar-refractivity contribution in [3.63, 3.8) is 0 Å². The smallest absolute Gasteiger partial charge is 0.394 e. The van der Waals surface area contributed by atoms with Crippen LogP contribution in [-0.4, -0.2) is 108 Å².